The molecule has 2 nitrogen and oxygen atoms in total. The van der Waals surface area contributed by atoms with E-state index in [1.54, 1.807) is 19.2 Å². The molecule has 0 aromatic heterocycles. The maximum Gasteiger partial charge on any atom is 0.422 e. The van der Waals surface area contributed by atoms with Crippen molar-refractivity contribution in [2.45, 2.75) is 70.4 Å². The summed E-state index contributed by atoms with van der Waals surface area (Å²) < 4.78 is 90.0. The van der Waals surface area contributed by atoms with Crippen LogP contribution in [0.4, 0.5) is 26.3 Å². The molecule has 1 aliphatic rings. The van der Waals surface area contributed by atoms with E-state index in [4.69, 9.17) is 4.74 Å². The zero-order chi connectivity index (χ0) is 28.7. The minimum atomic E-state index is -4.71. The van der Waals surface area contributed by atoms with Crippen molar-refractivity contribution in [3.05, 3.63) is 76.6 Å². The van der Waals surface area contributed by atoms with Gasteiger partial charge in [0, 0.05) is 19.1 Å². The molecule has 3 aromatic rings. The lowest BCUT2D eigenvalue weighted by molar-refractivity contribution is -0.154. The fourth-order valence-electron chi connectivity index (χ4n) is 5.76. The van der Waals surface area contributed by atoms with E-state index in [0.717, 1.165) is 55.2 Å². The second-order valence-corrected chi connectivity index (χ2v) is 10.9. The highest BCUT2D eigenvalue weighted by Crippen LogP contribution is 2.34. The summed E-state index contributed by atoms with van der Waals surface area (Å²) >= 11 is 0. The largest absolute Gasteiger partial charge is 0.478 e. The lowest BCUT2D eigenvalue weighted by Crippen LogP contribution is -2.20. The Morgan fingerprint density at radius 3 is 2.10 bits per heavy atom. The van der Waals surface area contributed by atoms with E-state index in [9.17, 15) is 22.0 Å². The van der Waals surface area contributed by atoms with Crippen LogP contribution in [-0.4, -0.2) is 26.5 Å². The Kier molecular flexibility index (Phi) is 10.4. The summed E-state index contributed by atoms with van der Waals surface area (Å²) in [5.41, 5.74) is 1.79. The van der Waals surface area contributed by atoms with Gasteiger partial charge in [0.1, 0.15) is 5.82 Å². The average molecular weight is 567 g/mol. The van der Waals surface area contributed by atoms with Crippen LogP contribution >= 0.6 is 0 Å². The molecule has 0 saturated heterocycles. The summed E-state index contributed by atoms with van der Waals surface area (Å²) in [5.74, 6) is -2.34. The number of methoxy groups -OCH3 is 1. The first-order valence-electron chi connectivity index (χ1n) is 14.0. The molecule has 0 heterocycles. The van der Waals surface area contributed by atoms with Gasteiger partial charge in [0.25, 0.3) is 0 Å². The van der Waals surface area contributed by atoms with Gasteiger partial charge >= 0.3 is 6.18 Å². The highest BCUT2D eigenvalue weighted by atomic mass is 19.4. The number of hydrogen-bond acceptors (Lipinski definition) is 2. The maximum atomic E-state index is 15.3. The fraction of sp³-hybridized carbons (Fsp3) is 0.500. The quantitative estimate of drug-likeness (QED) is 0.161. The van der Waals surface area contributed by atoms with E-state index in [-0.39, 0.29) is 24.2 Å². The lowest BCUT2D eigenvalue weighted by atomic mass is 9.78. The number of alkyl halides is 3. The minimum absolute atomic E-state index is 0.114. The minimum Gasteiger partial charge on any atom is -0.478 e. The van der Waals surface area contributed by atoms with Crippen molar-refractivity contribution in [3.8, 4) is 5.75 Å². The molecular formula is C32H36F6O2. The van der Waals surface area contributed by atoms with Gasteiger partial charge in [-0.1, -0.05) is 56.0 Å². The number of rotatable bonds is 12. The van der Waals surface area contributed by atoms with Gasteiger partial charge in [-0.25, -0.2) is 13.2 Å². The van der Waals surface area contributed by atoms with Crippen LogP contribution in [-0.2, 0) is 24.0 Å². The summed E-state index contributed by atoms with van der Waals surface area (Å²) in [6.45, 7) is -0.953. The normalized spacial score (nSPS) is 17.9. The number of hydrogen-bond donors (Lipinski definition) is 0. The molecule has 0 amide bonds. The fourth-order valence-corrected chi connectivity index (χ4v) is 5.76. The zero-order valence-electron chi connectivity index (χ0n) is 22.8. The molecule has 0 spiro atoms. The molecule has 218 valence electrons. The lowest BCUT2D eigenvalue weighted by Gasteiger charge is -2.28. The number of aryl methyl sites for hydroxylation is 3. The van der Waals surface area contributed by atoms with Crippen molar-refractivity contribution in [3.63, 3.8) is 0 Å². The van der Waals surface area contributed by atoms with E-state index in [1.165, 1.54) is 37.7 Å². The highest BCUT2D eigenvalue weighted by Gasteiger charge is 2.30. The number of halogens is 6. The Hall–Kier alpha value is -2.74. The van der Waals surface area contributed by atoms with E-state index in [0.29, 0.717) is 10.9 Å². The molecule has 1 fully saturated rings. The standard InChI is InChI=1S/C32H36F6O2/c1-39-16-2-3-21-4-6-22(7-5-21)8-9-23-11-15-27-26(17-23)14-13-25(30(27)35)12-10-24-18-28(33)31(29(34)19-24)40-20-32(36,37)38/h11,13-15,17-19,21-22H,2-10,12,16,20H2,1H3. The van der Waals surface area contributed by atoms with Crippen molar-refractivity contribution in [1.29, 1.82) is 0 Å². The first-order chi connectivity index (χ1) is 19.1. The van der Waals surface area contributed by atoms with Crippen LogP contribution in [0.15, 0.2) is 42.5 Å². The van der Waals surface area contributed by atoms with E-state index in [2.05, 4.69) is 4.74 Å². The SMILES string of the molecule is COCCCC1CCC(CCc2ccc3c(F)c(CCc4cc(F)c(OCC(F)(F)F)c(F)c4)ccc3c2)CC1. The Balaban J connectivity index is 1.32. The van der Waals surface area contributed by atoms with Gasteiger partial charge in [-0.2, -0.15) is 13.2 Å². The van der Waals surface area contributed by atoms with E-state index in [1.807, 2.05) is 18.2 Å². The summed E-state index contributed by atoms with van der Waals surface area (Å²) in [6, 6.07) is 11.2. The van der Waals surface area contributed by atoms with Crippen molar-refractivity contribution in [2.75, 3.05) is 20.3 Å². The monoisotopic (exact) mass is 566 g/mol. The molecule has 1 saturated carbocycles. The van der Waals surface area contributed by atoms with Crippen molar-refractivity contribution in [1.82, 2.24) is 0 Å². The molecule has 8 heteroatoms. The summed E-state index contributed by atoms with van der Waals surface area (Å²) in [5, 5.41) is 1.30. The van der Waals surface area contributed by atoms with Crippen LogP contribution in [0, 0.1) is 29.3 Å². The molecule has 0 N–H and O–H groups in total. The first-order valence-corrected chi connectivity index (χ1v) is 14.0. The number of fused-ring (bicyclic) bond motifs is 1. The Morgan fingerprint density at radius 1 is 0.775 bits per heavy atom. The van der Waals surface area contributed by atoms with Crippen LogP contribution < -0.4 is 4.74 Å². The molecule has 0 unspecified atom stereocenters. The van der Waals surface area contributed by atoms with Gasteiger partial charge in [0.05, 0.1) is 0 Å². The molecule has 0 aliphatic heterocycles. The average Bonchev–Trinajstić information content (AvgIpc) is 2.91. The number of benzene rings is 3. The molecule has 3 aromatic carbocycles. The third-order valence-corrected chi connectivity index (χ3v) is 7.99. The summed E-state index contributed by atoms with van der Waals surface area (Å²) in [4.78, 5) is 0. The van der Waals surface area contributed by atoms with Crippen molar-refractivity contribution in [2.24, 2.45) is 11.8 Å². The first kappa shape index (κ1) is 30.2. The van der Waals surface area contributed by atoms with Crippen LogP contribution in [0.2, 0.25) is 0 Å². The number of ether oxygens (including phenoxy) is 2. The molecular weight excluding hydrogens is 530 g/mol. The van der Waals surface area contributed by atoms with Crippen LogP contribution in [0.25, 0.3) is 10.8 Å². The van der Waals surface area contributed by atoms with Crippen LogP contribution in [0.5, 0.6) is 5.75 Å². The Bertz CT molecular complexity index is 1240. The predicted molar refractivity (Wildman–Crippen MR) is 144 cm³/mol. The molecule has 0 bridgehead atoms. The molecule has 0 atom stereocenters. The van der Waals surface area contributed by atoms with Crippen LogP contribution in [0.1, 0.15) is 61.6 Å². The predicted octanol–water partition coefficient (Wildman–Crippen LogP) is 9.15. The Labute approximate surface area is 231 Å². The second kappa shape index (κ2) is 13.7. The molecule has 1 aliphatic carbocycles. The van der Waals surface area contributed by atoms with Gasteiger partial charge in [-0.15, -0.1) is 0 Å². The maximum absolute atomic E-state index is 15.3. The van der Waals surface area contributed by atoms with Crippen molar-refractivity contribution < 1.29 is 35.8 Å². The smallest absolute Gasteiger partial charge is 0.422 e. The van der Waals surface area contributed by atoms with E-state index >= 15 is 4.39 Å². The molecule has 4 rings (SSSR count). The summed E-state index contributed by atoms with van der Waals surface area (Å²) in [7, 11) is 1.75. The second-order valence-electron chi connectivity index (χ2n) is 10.9. The van der Waals surface area contributed by atoms with E-state index < -0.39 is 30.2 Å². The van der Waals surface area contributed by atoms with Crippen LogP contribution in [0.3, 0.4) is 0 Å². The molecule has 40 heavy (non-hydrogen) atoms. The third kappa shape index (κ3) is 8.38. The third-order valence-electron chi connectivity index (χ3n) is 7.99. The topological polar surface area (TPSA) is 18.5 Å². The van der Waals surface area contributed by atoms with Gasteiger partial charge in [0.2, 0.25) is 0 Å². The summed E-state index contributed by atoms with van der Waals surface area (Å²) in [6.07, 6.45) is 5.15. The van der Waals surface area contributed by atoms with Gasteiger partial charge in [-0.05, 0) is 84.6 Å². The van der Waals surface area contributed by atoms with Gasteiger partial charge in [0.15, 0.2) is 24.0 Å². The van der Waals surface area contributed by atoms with Gasteiger partial charge in [-0.3, -0.25) is 0 Å². The molecule has 0 radical (unpaired) electrons. The Morgan fingerprint density at radius 2 is 1.45 bits per heavy atom. The highest BCUT2D eigenvalue weighted by molar-refractivity contribution is 5.84. The zero-order valence-corrected chi connectivity index (χ0v) is 22.8. The van der Waals surface area contributed by atoms with Crippen molar-refractivity contribution >= 4 is 10.8 Å². The van der Waals surface area contributed by atoms with Gasteiger partial charge < -0.3 is 9.47 Å².